The lowest BCUT2D eigenvalue weighted by Crippen LogP contribution is -2.63. The number of hydrogen-bond donors (Lipinski definition) is 2. The van der Waals surface area contributed by atoms with Gasteiger partial charge in [0.1, 0.15) is 40.9 Å². The highest BCUT2D eigenvalue weighted by molar-refractivity contribution is 5.97. The Balaban J connectivity index is 1.40. The number of ether oxygens (including phenoxy) is 3. The van der Waals surface area contributed by atoms with Gasteiger partial charge in [-0.15, -0.1) is 0 Å². The number of nitrogens with two attached hydrogens (primary N) is 1. The van der Waals surface area contributed by atoms with Crippen molar-refractivity contribution >= 4 is 22.4 Å². The molecule has 3 fully saturated rings. The standard InChI is InChI=1S/C30H34F5N7O3/c1-4-15-10-42-20(9-37-15)14(3)45-28-21-26(39-29(40-27(21)42)44-12-17-7-16-11-43-6-5-41(16)17)24(32)25(38-28)18-8-19(36)23(31)13(2)22(18)30(33,34)35/h8,14-17,20,37H,4-7,9-12,36H2,1-3H3/t14-,15+,16+,17+,20-/m0/s1. The third-order valence-electron chi connectivity index (χ3n) is 9.51. The summed E-state index contributed by atoms with van der Waals surface area (Å²) in [5.41, 5.74) is 1.32. The van der Waals surface area contributed by atoms with Crippen molar-refractivity contribution in [3.63, 3.8) is 0 Å². The monoisotopic (exact) mass is 635 g/mol. The minimum Gasteiger partial charge on any atom is -0.472 e. The number of piperazine rings is 1. The van der Waals surface area contributed by atoms with Crippen molar-refractivity contribution in [1.82, 2.24) is 25.2 Å². The van der Waals surface area contributed by atoms with Gasteiger partial charge in [-0.25, -0.2) is 13.8 Å². The van der Waals surface area contributed by atoms with Crippen molar-refractivity contribution in [2.24, 2.45) is 0 Å². The van der Waals surface area contributed by atoms with Gasteiger partial charge in [0.15, 0.2) is 5.82 Å². The van der Waals surface area contributed by atoms with Gasteiger partial charge in [0.25, 0.3) is 0 Å². The van der Waals surface area contributed by atoms with Crippen molar-refractivity contribution in [3.05, 3.63) is 28.8 Å². The van der Waals surface area contributed by atoms with Crippen LogP contribution in [0.25, 0.3) is 22.2 Å². The number of nitrogens with zero attached hydrogens (tertiary/aromatic N) is 5. The summed E-state index contributed by atoms with van der Waals surface area (Å²) in [5.74, 6) is -2.17. The lowest BCUT2D eigenvalue weighted by molar-refractivity contribution is -0.137. The maximum atomic E-state index is 16.7. The van der Waals surface area contributed by atoms with Crippen molar-refractivity contribution in [3.8, 4) is 23.1 Å². The average Bonchev–Trinajstić information content (AvgIpc) is 3.11. The number of anilines is 2. The molecule has 0 bridgehead atoms. The van der Waals surface area contributed by atoms with Gasteiger partial charge in [0.05, 0.1) is 30.5 Å². The van der Waals surface area contributed by atoms with Crippen LogP contribution in [0, 0.1) is 18.6 Å². The zero-order valence-corrected chi connectivity index (χ0v) is 25.0. The van der Waals surface area contributed by atoms with Crippen LogP contribution in [-0.2, 0) is 10.9 Å². The zero-order valence-electron chi connectivity index (χ0n) is 25.0. The highest BCUT2D eigenvalue weighted by Crippen LogP contribution is 2.46. The summed E-state index contributed by atoms with van der Waals surface area (Å²) in [5, 5.41) is 3.62. The fourth-order valence-electron chi connectivity index (χ4n) is 7.03. The van der Waals surface area contributed by atoms with E-state index in [4.69, 9.17) is 24.9 Å². The highest BCUT2D eigenvalue weighted by Gasteiger charge is 2.43. The number of pyridine rings is 1. The van der Waals surface area contributed by atoms with Crippen molar-refractivity contribution < 1.29 is 36.2 Å². The van der Waals surface area contributed by atoms with Crippen LogP contribution in [-0.4, -0.2) is 89.6 Å². The third kappa shape index (κ3) is 4.99. The van der Waals surface area contributed by atoms with Crippen LogP contribution in [0.1, 0.15) is 37.8 Å². The number of aromatic nitrogens is 3. The molecule has 3 aromatic rings. The van der Waals surface area contributed by atoms with E-state index >= 15 is 4.39 Å². The fraction of sp³-hybridized carbons (Fsp3) is 0.567. The Hall–Kier alpha value is -3.56. The Morgan fingerprint density at radius 2 is 1.98 bits per heavy atom. The van der Waals surface area contributed by atoms with Crippen molar-refractivity contribution in [2.75, 3.05) is 50.1 Å². The maximum Gasteiger partial charge on any atom is 0.417 e. The molecule has 0 amide bonds. The Bertz CT molecular complexity index is 1660. The number of rotatable bonds is 5. The minimum atomic E-state index is -5.04. The summed E-state index contributed by atoms with van der Waals surface area (Å²) in [6.07, 6.45) is -3.87. The minimum absolute atomic E-state index is 0.102. The molecular formula is C30H34F5N7O3. The van der Waals surface area contributed by atoms with Crippen LogP contribution in [0.4, 0.5) is 33.5 Å². The molecule has 6 heterocycles. The molecule has 3 saturated heterocycles. The molecule has 4 aliphatic heterocycles. The first-order valence-electron chi connectivity index (χ1n) is 15.2. The van der Waals surface area contributed by atoms with E-state index in [1.165, 1.54) is 0 Å². The summed E-state index contributed by atoms with van der Waals surface area (Å²) in [6.45, 7) is 8.16. The molecule has 7 rings (SSSR count). The SMILES string of the molecule is CC[C@@H]1CN2c3nc(OC[C@H]4C[C@@H]5COCCN54)nc4c(F)c(-c5cc(N)c(F)c(C)c5C(F)(F)F)nc(c34)O[C@@H](C)[C@@H]2CN1. The van der Waals surface area contributed by atoms with E-state index in [-0.39, 0.29) is 47.5 Å². The Morgan fingerprint density at radius 1 is 1.18 bits per heavy atom. The lowest BCUT2D eigenvalue weighted by atomic mass is 9.93. The molecule has 242 valence electrons. The summed E-state index contributed by atoms with van der Waals surface area (Å²) in [7, 11) is 0. The van der Waals surface area contributed by atoms with Crippen molar-refractivity contribution in [1.29, 1.82) is 0 Å². The predicted octanol–water partition coefficient (Wildman–Crippen LogP) is 4.07. The second kappa shape index (κ2) is 11.1. The smallest absolute Gasteiger partial charge is 0.417 e. The first-order chi connectivity index (χ1) is 21.5. The molecule has 0 aliphatic carbocycles. The molecule has 1 aromatic carbocycles. The quantitative estimate of drug-likeness (QED) is 0.315. The number of fused-ring (bicyclic) bond motifs is 3. The van der Waals surface area contributed by atoms with Crippen LogP contribution in [0.5, 0.6) is 11.9 Å². The molecule has 45 heavy (non-hydrogen) atoms. The predicted molar refractivity (Wildman–Crippen MR) is 155 cm³/mol. The van der Waals surface area contributed by atoms with Gasteiger partial charge in [-0.1, -0.05) is 6.92 Å². The van der Waals surface area contributed by atoms with Gasteiger partial charge in [-0.2, -0.15) is 23.1 Å². The molecule has 0 radical (unpaired) electrons. The number of alkyl halides is 3. The second-order valence-corrected chi connectivity index (χ2v) is 12.2. The van der Waals surface area contributed by atoms with Crippen LogP contribution < -0.4 is 25.4 Å². The largest absolute Gasteiger partial charge is 0.472 e. The van der Waals surface area contributed by atoms with E-state index < -0.39 is 52.0 Å². The normalized spacial score (nSPS) is 26.5. The molecule has 2 aromatic heterocycles. The second-order valence-electron chi connectivity index (χ2n) is 12.2. The van der Waals surface area contributed by atoms with Crippen LogP contribution in [0.3, 0.4) is 0 Å². The molecule has 0 saturated carbocycles. The Labute approximate surface area is 256 Å². The van der Waals surface area contributed by atoms with E-state index in [0.717, 1.165) is 32.4 Å². The van der Waals surface area contributed by atoms with Gasteiger partial charge in [-0.3, -0.25) is 4.90 Å². The molecule has 0 unspecified atom stereocenters. The molecule has 4 aliphatic rings. The van der Waals surface area contributed by atoms with Crippen LogP contribution in [0.15, 0.2) is 6.07 Å². The number of nitrogens with one attached hydrogen (secondary N) is 1. The topological polar surface area (TPSA) is 111 Å². The van der Waals surface area contributed by atoms with Gasteiger partial charge >= 0.3 is 12.2 Å². The van der Waals surface area contributed by atoms with Gasteiger partial charge in [-0.05, 0) is 38.3 Å². The summed E-state index contributed by atoms with van der Waals surface area (Å²) < 4.78 is 92.2. The molecular weight excluding hydrogens is 601 g/mol. The number of halogens is 5. The van der Waals surface area contributed by atoms with Crippen LogP contribution >= 0.6 is 0 Å². The van der Waals surface area contributed by atoms with E-state index in [1.54, 1.807) is 0 Å². The first-order valence-corrected chi connectivity index (χ1v) is 15.2. The molecule has 5 atom stereocenters. The molecule has 15 heteroatoms. The number of hydrogen-bond acceptors (Lipinski definition) is 10. The fourth-order valence-corrected chi connectivity index (χ4v) is 7.03. The van der Waals surface area contributed by atoms with E-state index in [2.05, 4.69) is 20.2 Å². The van der Waals surface area contributed by atoms with E-state index in [9.17, 15) is 17.6 Å². The Morgan fingerprint density at radius 3 is 2.71 bits per heavy atom. The van der Waals surface area contributed by atoms with E-state index in [1.807, 2.05) is 18.7 Å². The number of morpholine rings is 1. The molecule has 0 spiro atoms. The summed E-state index contributed by atoms with van der Waals surface area (Å²) in [6, 6.07) is 0.919. The molecule has 3 N–H and O–H groups in total. The lowest BCUT2D eigenvalue weighted by Gasteiger charge is -2.50. The summed E-state index contributed by atoms with van der Waals surface area (Å²) in [4.78, 5) is 17.7. The number of benzene rings is 1. The van der Waals surface area contributed by atoms with E-state index in [0.29, 0.717) is 38.2 Å². The third-order valence-corrected chi connectivity index (χ3v) is 9.51. The highest BCUT2D eigenvalue weighted by atomic mass is 19.4. The van der Waals surface area contributed by atoms with Crippen LogP contribution in [0.2, 0.25) is 0 Å². The van der Waals surface area contributed by atoms with Gasteiger partial charge in [0, 0.05) is 43.3 Å². The maximum absolute atomic E-state index is 16.7. The summed E-state index contributed by atoms with van der Waals surface area (Å²) >= 11 is 0. The first kappa shape index (κ1) is 30.1. The van der Waals surface area contributed by atoms with Crippen molar-refractivity contribution in [2.45, 2.75) is 70.1 Å². The average molecular weight is 636 g/mol. The van der Waals surface area contributed by atoms with Gasteiger partial charge < -0.3 is 30.2 Å². The molecule has 10 nitrogen and oxygen atoms in total. The zero-order chi connectivity index (χ0) is 31.8. The number of nitrogen functional groups attached to an aromatic ring is 1. The van der Waals surface area contributed by atoms with Gasteiger partial charge in [0.2, 0.25) is 5.88 Å². The Kier molecular flexibility index (Phi) is 7.40.